The van der Waals surface area contributed by atoms with Crippen molar-refractivity contribution in [1.82, 2.24) is 20.4 Å². The van der Waals surface area contributed by atoms with Crippen LogP contribution >= 0.6 is 11.3 Å². The second-order valence-electron chi connectivity index (χ2n) is 13.7. The third-order valence-electron chi connectivity index (χ3n) is 10.4. The van der Waals surface area contributed by atoms with Crippen molar-refractivity contribution in [2.45, 2.75) is 88.1 Å². The van der Waals surface area contributed by atoms with Crippen molar-refractivity contribution in [3.8, 4) is 0 Å². The molecular formula is C37H47N5O4S. The van der Waals surface area contributed by atoms with Gasteiger partial charge in [0.05, 0.1) is 10.4 Å². The maximum atomic E-state index is 14.4. The molecule has 0 spiro atoms. The van der Waals surface area contributed by atoms with Crippen LogP contribution in [0.3, 0.4) is 0 Å². The molecule has 1 saturated heterocycles. The number of nitrogens with one attached hydrogen (secondary N) is 2. The maximum Gasteiger partial charge on any atom is 0.324 e. The van der Waals surface area contributed by atoms with Crippen molar-refractivity contribution < 1.29 is 19.2 Å². The molecule has 3 aliphatic rings. The molecule has 2 saturated carbocycles. The fraction of sp³-hybridized carbons (Fsp3) is 0.514. The fourth-order valence-corrected chi connectivity index (χ4v) is 8.52. The molecule has 1 aliphatic heterocycles. The summed E-state index contributed by atoms with van der Waals surface area (Å²) in [7, 11) is 0. The summed E-state index contributed by atoms with van der Waals surface area (Å²) in [6.45, 7) is 1.88. The Morgan fingerprint density at radius 1 is 0.872 bits per heavy atom. The Balaban J connectivity index is 1.12. The Labute approximate surface area is 281 Å². The minimum atomic E-state index is -1.13. The van der Waals surface area contributed by atoms with E-state index >= 15 is 0 Å². The van der Waals surface area contributed by atoms with Gasteiger partial charge in [-0.15, -0.1) is 11.3 Å². The van der Waals surface area contributed by atoms with Crippen LogP contribution < -0.4 is 16.4 Å². The second-order valence-corrected chi connectivity index (χ2v) is 14.8. The van der Waals surface area contributed by atoms with Gasteiger partial charge in [0.25, 0.3) is 11.8 Å². The smallest absolute Gasteiger partial charge is 0.324 e. The summed E-state index contributed by atoms with van der Waals surface area (Å²) in [6, 6.07) is 19.1. The van der Waals surface area contributed by atoms with Gasteiger partial charge in [0, 0.05) is 30.9 Å². The minimum Gasteiger partial charge on any atom is -0.341 e. The Morgan fingerprint density at radius 3 is 2.23 bits per heavy atom. The lowest BCUT2D eigenvalue weighted by Gasteiger charge is -2.40. The zero-order valence-corrected chi connectivity index (χ0v) is 28.0. The number of nitrogens with zero attached hydrogens (tertiary/aromatic N) is 2. The molecule has 10 heteroatoms. The predicted octanol–water partition coefficient (Wildman–Crippen LogP) is 5.63. The first-order valence-electron chi connectivity index (χ1n) is 17.3. The number of carbonyl (C=O) groups excluding carboxylic acids is 4. The van der Waals surface area contributed by atoms with Crippen molar-refractivity contribution in [2.75, 3.05) is 26.2 Å². The summed E-state index contributed by atoms with van der Waals surface area (Å²) in [4.78, 5) is 58.8. The van der Waals surface area contributed by atoms with Crippen LogP contribution in [0.1, 0.15) is 85.9 Å². The highest BCUT2D eigenvalue weighted by Gasteiger charge is 2.47. The van der Waals surface area contributed by atoms with E-state index in [0.29, 0.717) is 43.8 Å². The molecule has 0 bridgehead atoms. The third kappa shape index (κ3) is 7.54. The summed E-state index contributed by atoms with van der Waals surface area (Å²) in [5, 5.41) is 7.15. The number of rotatable bonds is 9. The number of carbonyl (C=O) groups is 4. The third-order valence-corrected chi connectivity index (χ3v) is 11.6. The highest BCUT2D eigenvalue weighted by molar-refractivity contribution is 7.20. The van der Waals surface area contributed by atoms with E-state index in [2.05, 4.69) is 10.6 Å². The molecule has 250 valence electrons. The number of thiophene rings is 1. The van der Waals surface area contributed by atoms with Crippen LogP contribution in [0, 0.1) is 5.92 Å². The average Bonchev–Trinajstić information content (AvgIpc) is 3.76. The molecule has 3 aromatic rings. The molecule has 1 aromatic heterocycles. The quantitative estimate of drug-likeness (QED) is 0.275. The van der Waals surface area contributed by atoms with E-state index in [1.807, 2.05) is 65.6 Å². The number of fused-ring (bicyclic) bond motifs is 1. The molecule has 2 aliphatic carbocycles. The minimum absolute atomic E-state index is 0.0666. The lowest BCUT2D eigenvalue weighted by molar-refractivity contribution is -0.139. The van der Waals surface area contributed by atoms with E-state index in [1.165, 1.54) is 16.2 Å². The summed E-state index contributed by atoms with van der Waals surface area (Å²) in [6.07, 6.45) is 9.29. The highest BCUT2D eigenvalue weighted by atomic mass is 32.1. The molecule has 4 N–H and O–H groups in total. The zero-order chi connectivity index (χ0) is 32.9. The summed E-state index contributed by atoms with van der Waals surface area (Å²) >= 11 is 1.41. The molecule has 3 fully saturated rings. The van der Waals surface area contributed by atoms with Crippen LogP contribution in [0.15, 0.2) is 60.7 Å². The number of nitrogens with two attached hydrogens (primary N) is 1. The summed E-state index contributed by atoms with van der Waals surface area (Å²) < 4.78 is 1.01. The van der Waals surface area contributed by atoms with E-state index in [-0.39, 0.29) is 30.2 Å². The van der Waals surface area contributed by atoms with Crippen LogP contribution in [-0.2, 0) is 16.0 Å². The Kier molecular flexibility index (Phi) is 10.3. The Bertz CT molecular complexity index is 1540. The largest absolute Gasteiger partial charge is 0.341 e. The number of urea groups is 1. The van der Waals surface area contributed by atoms with E-state index < -0.39 is 17.1 Å². The van der Waals surface area contributed by atoms with Gasteiger partial charge in [0.15, 0.2) is 0 Å². The average molecular weight is 658 g/mol. The van der Waals surface area contributed by atoms with Gasteiger partial charge in [0.1, 0.15) is 5.54 Å². The topological polar surface area (TPSA) is 125 Å². The number of hydrogen-bond donors (Lipinski definition) is 3. The number of imide groups is 1. The zero-order valence-electron chi connectivity index (χ0n) is 27.2. The van der Waals surface area contributed by atoms with Gasteiger partial charge in [-0.1, -0.05) is 80.6 Å². The van der Waals surface area contributed by atoms with Crippen molar-refractivity contribution in [3.05, 3.63) is 71.1 Å². The maximum absolute atomic E-state index is 14.4. The number of piperidine rings is 1. The SMILES string of the molecule is NC1(C(=O)N2CCC(CNC(=O)N(CCc3ccccc3)C(=O)C3(NC(=O)c4cc5ccccc5s4)CCCC3)CC2)CCCCC1. The number of hydrogen-bond acceptors (Lipinski definition) is 6. The fourth-order valence-electron chi connectivity index (χ4n) is 7.56. The van der Waals surface area contributed by atoms with Crippen molar-refractivity contribution in [1.29, 1.82) is 0 Å². The molecule has 0 radical (unpaired) electrons. The normalized spacial score (nSPS) is 19.3. The molecule has 5 amide bonds. The molecule has 2 heterocycles. The molecule has 0 unspecified atom stereocenters. The second kappa shape index (κ2) is 14.6. The van der Waals surface area contributed by atoms with Crippen LogP contribution in [0.2, 0.25) is 0 Å². The van der Waals surface area contributed by atoms with Gasteiger partial charge < -0.3 is 21.3 Å². The van der Waals surface area contributed by atoms with Gasteiger partial charge in [0.2, 0.25) is 5.91 Å². The molecule has 47 heavy (non-hydrogen) atoms. The first-order chi connectivity index (χ1) is 22.8. The number of amides is 5. The van der Waals surface area contributed by atoms with Crippen LogP contribution in [-0.4, -0.2) is 70.8 Å². The summed E-state index contributed by atoms with van der Waals surface area (Å²) in [5.41, 5.74) is 5.69. The van der Waals surface area contributed by atoms with Crippen LogP contribution in [0.25, 0.3) is 10.1 Å². The monoisotopic (exact) mass is 657 g/mol. The first kappa shape index (κ1) is 33.2. The van der Waals surface area contributed by atoms with Crippen LogP contribution in [0.4, 0.5) is 4.79 Å². The van der Waals surface area contributed by atoms with Crippen LogP contribution in [0.5, 0.6) is 0 Å². The number of likely N-dealkylation sites (tertiary alicyclic amines) is 1. The molecule has 2 aromatic carbocycles. The van der Waals surface area contributed by atoms with Gasteiger partial charge in [-0.2, -0.15) is 0 Å². The lowest BCUT2D eigenvalue weighted by Crippen LogP contribution is -2.61. The standard InChI is InChI=1S/C37H47N5O4S/c38-36(18-7-2-8-19-36)33(44)41-22-15-28(16-23-41)26-39-35(46)42(24-17-27-11-3-1-4-12-27)34(45)37(20-9-10-21-37)40-32(43)31-25-29-13-5-6-14-30(29)47-31/h1,3-6,11-14,25,28H,2,7-10,15-24,26,38H2,(H,39,46)(H,40,43). The summed E-state index contributed by atoms with van der Waals surface area (Å²) in [5.74, 6) is -0.364. The van der Waals surface area contributed by atoms with Gasteiger partial charge >= 0.3 is 6.03 Å². The molecule has 0 atom stereocenters. The van der Waals surface area contributed by atoms with Crippen molar-refractivity contribution >= 4 is 45.2 Å². The Morgan fingerprint density at radius 2 is 1.53 bits per heavy atom. The molecular weight excluding hydrogens is 611 g/mol. The van der Waals surface area contributed by atoms with Gasteiger partial charge in [-0.05, 0) is 73.9 Å². The van der Waals surface area contributed by atoms with E-state index in [0.717, 1.165) is 73.4 Å². The predicted molar refractivity (Wildman–Crippen MR) is 185 cm³/mol. The van der Waals surface area contributed by atoms with Crippen molar-refractivity contribution in [3.63, 3.8) is 0 Å². The highest BCUT2D eigenvalue weighted by Crippen LogP contribution is 2.34. The first-order valence-corrected chi connectivity index (χ1v) is 18.1. The number of benzene rings is 2. The molecule has 6 rings (SSSR count). The Hall–Kier alpha value is -3.76. The van der Waals surface area contributed by atoms with Crippen molar-refractivity contribution in [2.24, 2.45) is 11.7 Å². The van der Waals surface area contributed by atoms with E-state index in [1.54, 1.807) is 0 Å². The van der Waals surface area contributed by atoms with E-state index in [4.69, 9.17) is 5.73 Å². The van der Waals surface area contributed by atoms with E-state index in [9.17, 15) is 19.2 Å². The lowest BCUT2D eigenvalue weighted by atomic mass is 9.81. The van der Waals surface area contributed by atoms with Gasteiger partial charge in [-0.25, -0.2) is 4.79 Å². The van der Waals surface area contributed by atoms with Gasteiger partial charge in [-0.3, -0.25) is 19.3 Å². The molecule has 9 nitrogen and oxygen atoms in total.